The lowest BCUT2D eigenvalue weighted by Gasteiger charge is -2.24. The zero-order chi connectivity index (χ0) is 12.1. The number of nitrogens with one attached hydrogen (secondary N) is 1. The minimum Gasteiger partial charge on any atom is -0.307 e. The third-order valence-electron chi connectivity index (χ3n) is 3.16. The van der Waals surface area contributed by atoms with Crippen LogP contribution >= 0.6 is 0 Å². The van der Waals surface area contributed by atoms with Crippen molar-refractivity contribution < 1.29 is 4.39 Å². The summed E-state index contributed by atoms with van der Waals surface area (Å²) in [6.07, 6.45) is 10.0. The van der Waals surface area contributed by atoms with Crippen LogP contribution < -0.4 is 5.32 Å². The van der Waals surface area contributed by atoms with E-state index in [4.69, 9.17) is 0 Å². The van der Waals surface area contributed by atoms with Crippen LogP contribution in [0, 0.1) is 5.82 Å². The second-order valence-electron chi connectivity index (χ2n) is 4.45. The smallest absolute Gasteiger partial charge is 0.141 e. The van der Waals surface area contributed by atoms with Crippen LogP contribution in [0.3, 0.4) is 0 Å². The van der Waals surface area contributed by atoms with Crippen LogP contribution in [0.5, 0.6) is 0 Å². The van der Waals surface area contributed by atoms with Crippen LogP contribution in [-0.2, 0) is 0 Å². The minimum absolute atomic E-state index is 0.128. The molecule has 1 N–H and O–H groups in total. The normalized spacial score (nSPS) is 17.6. The van der Waals surface area contributed by atoms with Gasteiger partial charge in [0.05, 0.1) is 12.2 Å². The molecular weight excluding hydrogens is 215 g/mol. The van der Waals surface area contributed by atoms with E-state index in [1.165, 1.54) is 24.6 Å². The summed E-state index contributed by atoms with van der Waals surface area (Å²) in [5.41, 5.74) is 2.31. The molecule has 1 atom stereocenters. The van der Waals surface area contributed by atoms with Crippen LogP contribution in [0.15, 0.2) is 30.1 Å². The topological polar surface area (TPSA) is 24.9 Å². The zero-order valence-corrected chi connectivity index (χ0v) is 10.2. The van der Waals surface area contributed by atoms with Crippen molar-refractivity contribution in [1.29, 1.82) is 0 Å². The van der Waals surface area contributed by atoms with Crippen molar-refractivity contribution in [3.05, 3.63) is 41.5 Å². The molecule has 0 amide bonds. The van der Waals surface area contributed by atoms with Gasteiger partial charge in [-0.25, -0.2) is 4.39 Å². The third kappa shape index (κ3) is 3.13. The molecule has 92 valence electrons. The maximum absolute atomic E-state index is 13.2. The Balaban J connectivity index is 2.24. The van der Waals surface area contributed by atoms with E-state index in [1.807, 2.05) is 0 Å². The first-order valence-electron chi connectivity index (χ1n) is 6.34. The fraction of sp³-hybridized carbons (Fsp3) is 0.500. The molecule has 3 heteroatoms. The molecule has 1 heterocycles. The van der Waals surface area contributed by atoms with E-state index in [9.17, 15) is 4.39 Å². The number of aromatic nitrogens is 1. The molecule has 1 aromatic heterocycles. The van der Waals surface area contributed by atoms with Gasteiger partial charge in [-0.1, -0.05) is 18.6 Å². The minimum atomic E-state index is -0.262. The molecule has 1 unspecified atom stereocenters. The lowest BCUT2D eigenvalue weighted by Crippen LogP contribution is -2.24. The maximum Gasteiger partial charge on any atom is 0.141 e. The molecule has 0 saturated heterocycles. The lowest BCUT2D eigenvalue weighted by molar-refractivity contribution is 0.554. The number of allylic oxidation sites excluding steroid dienone is 1. The number of hydrogen-bond donors (Lipinski definition) is 1. The summed E-state index contributed by atoms with van der Waals surface area (Å²) in [7, 11) is 0. The predicted octanol–water partition coefficient (Wildman–Crippen LogP) is 3.37. The average Bonchev–Trinajstić information content (AvgIpc) is 2.37. The molecule has 0 fully saturated rings. The highest BCUT2D eigenvalue weighted by Crippen LogP contribution is 2.29. The number of halogens is 1. The van der Waals surface area contributed by atoms with Gasteiger partial charge >= 0.3 is 0 Å². The first kappa shape index (κ1) is 12.2. The Kier molecular flexibility index (Phi) is 4.26. The monoisotopic (exact) mass is 234 g/mol. The van der Waals surface area contributed by atoms with Gasteiger partial charge in [0, 0.05) is 6.20 Å². The summed E-state index contributed by atoms with van der Waals surface area (Å²) in [5.74, 6) is -0.262. The Hall–Kier alpha value is -1.22. The molecule has 1 aliphatic carbocycles. The molecule has 17 heavy (non-hydrogen) atoms. The van der Waals surface area contributed by atoms with Crippen molar-refractivity contribution in [2.24, 2.45) is 0 Å². The first-order valence-corrected chi connectivity index (χ1v) is 6.34. The summed E-state index contributed by atoms with van der Waals surface area (Å²) in [6, 6.07) is 1.71. The van der Waals surface area contributed by atoms with E-state index >= 15 is 0 Å². The second kappa shape index (κ2) is 5.92. The maximum atomic E-state index is 13.2. The SMILES string of the molecule is CCNC(C1=CCCCC1)c1cncc(F)c1. The lowest BCUT2D eigenvalue weighted by atomic mass is 9.90. The number of rotatable bonds is 4. The molecule has 0 saturated carbocycles. The van der Waals surface area contributed by atoms with E-state index in [2.05, 4.69) is 23.3 Å². The highest BCUT2D eigenvalue weighted by atomic mass is 19.1. The molecule has 1 aromatic rings. The molecule has 0 aliphatic heterocycles. The number of likely N-dealkylation sites (N-methyl/N-ethyl adjacent to an activating group) is 1. The average molecular weight is 234 g/mol. The Morgan fingerprint density at radius 3 is 2.94 bits per heavy atom. The molecule has 0 spiro atoms. The summed E-state index contributed by atoms with van der Waals surface area (Å²) < 4.78 is 13.2. The first-order chi connectivity index (χ1) is 8.31. The summed E-state index contributed by atoms with van der Waals surface area (Å²) >= 11 is 0. The van der Waals surface area contributed by atoms with E-state index in [0.717, 1.165) is 24.9 Å². The Morgan fingerprint density at radius 2 is 2.29 bits per heavy atom. The highest BCUT2D eigenvalue weighted by molar-refractivity contribution is 5.27. The van der Waals surface area contributed by atoms with Crippen LogP contribution in [0.2, 0.25) is 0 Å². The van der Waals surface area contributed by atoms with Crippen LogP contribution in [0.25, 0.3) is 0 Å². The van der Waals surface area contributed by atoms with Gasteiger partial charge in [-0.05, 0) is 43.9 Å². The molecule has 0 bridgehead atoms. The third-order valence-corrected chi connectivity index (χ3v) is 3.16. The van der Waals surface area contributed by atoms with Crippen LogP contribution in [0.1, 0.15) is 44.2 Å². The summed E-state index contributed by atoms with van der Waals surface area (Å²) in [4.78, 5) is 3.94. The second-order valence-corrected chi connectivity index (χ2v) is 4.45. The standard InChI is InChI=1S/C14H19FN2/c1-2-17-14(11-6-4-3-5-7-11)12-8-13(15)10-16-9-12/h6,8-10,14,17H,2-5,7H2,1H3. The molecule has 0 aromatic carbocycles. The predicted molar refractivity (Wildman–Crippen MR) is 67.2 cm³/mol. The van der Waals surface area contributed by atoms with Crippen molar-refractivity contribution >= 4 is 0 Å². The van der Waals surface area contributed by atoms with Gasteiger partial charge in [0.15, 0.2) is 0 Å². The Labute approximate surface area is 102 Å². The fourth-order valence-electron chi connectivity index (χ4n) is 2.38. The van der Waals surface area contributed by atoms with Gasteiger partial charge in [0.25, 0.3) is 0 Å². The van der Waals surface area contributed by atoms with Crippen molar-refractivity contribution in [2.75, 3.05) is 6.54 Å². The molecule has 2 rings (SSSR count). The fourth-order valence-corrected chi connectivity index (χ4v) is 2.38. The van der Waals surface area contributed by atoms with Gasteiger partial charge in [-0.15, -0.1) is 0 Å². The van der Waals surface area contributed by atoms with E-state index in [1.54, 1.807) is 12.3 Å². The number of nitrogens with zero attached hydrogens (tertiary/aromatic N) is 1. The number of pyridine rings is 1. The van der Waals surface area contributed by atoms with Crippen LogP contribution in [0.4, 0.5) is 4.39 Å². The van der Waals surface area contributed by atoms with Crippen molar-refractivity contribution in [3.63, 3.8) is 0 Å². The zero-order valence-electron chi connectivity index (χ0n) is 10.2. The van der Waals surface area contributed by atoms with Gasteiger partial charge in [-0.2, -0.15) is 0 Å². The Bertz CT molecular complexity index is 401. The summed E-state index contributed by atoms with van der Waals surface area (Å²) in [6.45, 7) is 2.95. The molecular formula is C14H19FN2. The van der Waals surface area contributed by atoms with Gasteiger partial charge in [0.1, 0.15) is 5.82 Å². The molecule has 0 radical (unpaired) electrons. The van der Waals surface area contributed by atoms with Crippen molar-refractivity contribution in [2.45, 2.75) is 38.6 Å². The Morgan fingerprint density at radius 1 is 1.41 bits per heavy atom. The van der Waals surface area contributed by atoms with E-state index in [0.29, 0.717) is 0 Å². The largest absolute Gasteiger partial charge is 0.307 e. The van der Waals surface area contributed by atoms with Gasteiger partial charge in [0.2, 0.25) is 0 Å². The summed E-state index contributed by atoms with van der Waals surface area (Å²) in [5, 5.41) is 3.42. The highest BCUT2D eigenvalue weighted by Gasteiger charge is 2.17. The van der Waals surface area contributed by atoms with Gasteiger partial charge < -0.3 is 5.32 Å². The van der Waals surface area contributed by atoms with Crippen LogP contribution in [-0.4, -0.2) is 11.5 Å². The van der Waals surface area contributed by atoms with E-state index < -0.39 is 0 Å². The molecule has 1 aliphatic rings. The van der Waals surface area contributed by atoms with E-state index in [-0.39, 0.29) is 11.9 Å². The van der Waals surface area contributed by atoms with Crippen molar-refractivity contribution in [3.8, 4) is 0 Å². The van der Waals surface area contributed by atoms with Crippen molar-refractivity contribution in [1.82, 2.24) is 10.3 Å². The quantitative estimate of drug-likeness (QED) is 0.808. The van der Waals surface area contributed by atoms with Gasteiger partial charge in [-0.3, -0.25) is 4.98 Å². The molecule has 2 nitrogen and oxygen atoms in total. The number of hydrogen-bond acceptors (Lipinski definition) is 2.